The zero-order valence-corrected chi connectivity index (χ0v) is 26.3. The van der Waals surface area contributed by atoms with Crippen molar-refractivity contribution >= 4 is 28.3 Å². The van der Waals surface area contributed by atoms with Crippen LogP contribution in [0.4, 0.5) is 26.3 Å². The average molecular weight is 688 g/mol. The van der Waals surface area contributed by atoms with Crippen molar-refractivity contribution in [2.75, 3.05) is 13.1 Å². The van der Waals surface area contributed by atoms with E-state index in [9.17, 15) is 26.3 Å². The molecule has 0 fully saturated rings. The summed E-state index contributed by atoms with van der Waals surface area (Å²) in [5, 5.41) is 16.5. The van der Waals surface area contributed by atoms with Gasteiger partial charge in [-0.25, -0.2) is 0 Å². The third-order valence-corrected chi connectivity index (χ3v) is 7.52. The van der Waals surface area contributed by atoms with E-state index >= 15 is 0 Å². The topological polar surface area (TPSA) is 87.5 Å². The van der Waals surface area contributed by atoms with E-state index in [4.69, 9.17) is 5.73 Å². The van der Waals surface area contributed by atoms with Crippen LogP contribution in [0.15, 0.2) is 69.0 Å². The lowest BCUT2D eigenvalue weighted by Gasteiger charge is -2.15. The maximum absolute atomic E-state index is 12.8. The average Bonchev–Trinajstić information content (AvgIpc) is 3.87. The van der Waals surface area contributed by atoms with Gasteiger partial charge in [0, 0.05) is 23.0 Å². The quantitative estimate of drug-likeness (QED) is 0.193. The van der Waals surface area contributed by atoms with E-state index in [1.165, 1.54) is 30.7 Å². The first-order valence-electron chi connectivity index (χ1n) is 13.4. The van der Waals surface area contributed by atoms with Gasteiger partial charge in [-0.1, -0.05) is 105 Å². The van der Waals surface area contributed by atoms with Gasteiger partial charge in [-0.3, -0.25) is 0 Å². The van der Waals surface area contributed by atoms with Gasteiger partial charge in [-0.05, 0) is 36.1 Å². The molecule has 42 heavy (non-hydrogen) atoms. The molecule has 4 rings (SSSR count). The summed E-state index contributed by atoms with van der Waals surface area (Å²) < 4.78 is 76.1. The van der Waals surface area contributed by atoms with Crippen LogP contribution in [0.25, 0.3) is 0 Å². The first kappa shape index (κ1) is 37.9. The summed E-state index contributed by atoms with van der Waals surface area (Å²) in [4.78, 5) is 0. The standard InChI is InChI=1S/C14H18F3N3.C9H6BrF3N2.C5H13N.ClH/c1-3-10(2)8-18-9-11-4-6-12(7-5-11)13(19-20-13)14(15,16)17;10-5-6-1-3-7(4-2-6)8(14-15-8)9(11,12)13;1-3-5(2)4-6;/h4-7,10,18H,3,8-9H2,1-2H3;1-4H,5H2;5H,3-4,6H2,1-2H3;1H. The molecule has 3 N–H and O–H groups in total. The van der Waals surface area contributed by atoms with Crippen LogP contribution in [0.5, 0.6) is 0 Å². The largest absolute Gasteiger partial charge is 0.442 e. The maximum atomic E-state index is 12.8. The zero-order chi connectivity index (χ0) is 30.9. The first-order valence-corrected chi connectivity index (χ1v) is 14.5. The number of nitrogens with two attached hydrogens (primary N) is 1. The highest BCUT2D eigenvalue weighted by Gasteiger charge is 2.65. The van der Waals surface area contributed by atoms with Crippen LogP contribution in [-0.4, -0.2) is 25.4 Å². The second-order valence-electron chi connectivity index (χ2n) is 10.2. The summed E-state index contributed by atoms with van der Waals surface area (Å²) in [5.41, 5.74) is 2.69. The van der Waals surface area contributed by atoms with Crippen molar-refractivity contribution < 1.29 is 26.3 Å². The van der Waals surface area contributed by atoms with Gasteiger partial charge in [-0.2, -0.15) is 26.3 Å². The highest BCUT2D eigenvalue weighted by atomic mass is 79.9. The van der Waals surface area contributed by atoms with Crippen LogP contribution in [-0.2, 0) is 23.2 Å². The molecule has 0 spiro atoms. The SMILES string of the molecule is CCC(C)CN.CCC(C)CNCc1ccc(C2(C(F)(F)F)N=N2)cc1.Cl.FC(F)(F)C1(c2ccc(CBr)cc2)N=N1. The summed E-state index contributed by atoms with van der Waals surface area (Å²) in [6.45, 7) is 11.0. The Kier molecular flexibility index (Phi) is 14.6. The molecular formula is C28H38BrClF6N6. The Morgan fingerprint density at radius 3 is 1.38 bits per heavy atom. The van der Waals surface area contributed by atoms with E-state index in [1.807, 2.05) is 0 Å². The van der Waals surface area contributed by atoms with Crippen LogP contribution < -0.4 is 11.1 Å². The van der Waals surface area contributed by atoms with Gasteiger partial charge in [0.1, 0.15) is 0 Å². The third kappa shape index (κ3) is 9.99. The third-order valence-electron chi connectivity index (χ3n) is 6.88. The van der Waals surface area contributed by atoms with E-state index in [1.54, 1.807) is 24.3 Å². The Hall–Kier alpha value is -2.09. The van der Waals surface area contributed by atoms with Crippen LogP contribution in [0.1, 0.15) is 62.8 Å². The molecule has 14 heteroatoms. The van der Waals surface area contributed by atoms with Gasteiger partial charge in [0.05, 0.1) is 0 Å². The molecule has 0 aliphatic carbocycles. The van der Waals surface area contributed by atoms with Gasteiger partial charge < -0.3 is 11.1 Å². The Bertz CT molecular complexity index is 1120. The minimum Gasteiger partial charge on any atom is -0.330 e. The molecule has 2 atom stereocenters. The van der Waals surface area contributed by atoms with Crippen molar-refractivity contribution in [2.24, 2.45) is 38.0 Å². The van der Waals surface area contributed by atoms with Gasteiger partial charge in [0.2, 0.25) is 0 Å². The summed E-state index contributed by atoms with van der Waals surface area (Å²) in [5.74, 6) is 1.30. The summed E-state index contributed by atoms with van der Waals surface area (Å²) in [7, 11) is 0. The summed E-state index contributed by atoms with van der Waals surface area (Å²) >= 11 is 3.22. The van der Waals surface area contributed by atoms with Crippen LogP contribution in [0, 0.1) is 11.8 Å². The molecule has 0 saturated carbocycles. The Morgan fingerprint density at radius 1 is 0.738 bits per heavy atom. The number of hydrogen-bond acceptors (Lipinski definition) is 6. The first-order chi connectivity index (χ1) is 19.2. The molecule has 0 saturated heterocycles. The van der Waals surface area contributed by atoms with Gasteiger partial charge >= 0.3 is 23.7 Å². The number of halogens is 8. The molecule has 2 heterocycles. The Balaban J connectivity index is 0.000000354. The highest BCUT2D eigenvalue weighted by molar-refractivity contribution is 9.08. The molecule has 2 aromatic rings. The van der Waals surface area contributed by atoms with E-state index < -0.39 is 23.7 Å². The van der Waals surface area contributed by atoms with Crippen molar-refractivity contribution in [3.63, 3.8) is 0 Å². The number of hydrogen-bond donors (Lipinski definition) is 2. The Labute approximate surface area is 257 Å². The van der Waals surface area contributed by atoms with Crippen molar-refractivity contribution in [2.45, 2.75) is 76.1 Å². The maximum Gasteiger partial charge on any atom is 0.442 e. The smallest absolute Gasteiger partial charge is 0.330 e. The van der Waals surface area contributed by atoms with Gasteiger partial charge in [0.15, 0.2) is 0 Å². The lowest BCUT2D eigenvalue weighted by atomic mass is 10.0. The number of nitrogens with one attached hydrogen (secondary N) is 1. The van der Waals surface area contributed by atoms with E-state index in [0.29, 0.717) is 23.7 Å². The molecule has 6 nitrogen and oxygen atoms in total. The molecule has 2 aliphatic rings. The normalized spacial score (nSPS) is 17.0. The second-order valence-corrected chi connectivity index (χ2v) is 10.7. The fraction of sp³-hybridized carbons (Fsp3) is 0.571. The van der Waals surface area contributed by atoms with Crippen LogP contribution >= 0.6 is 28.3 Å². The Morgan fingerprint density at radius 2 is 1.12 bits per heavy atom. The predicted octanol–water partition coefficient (Wildman–Crippen LogP) is 9.18. The van der Waals surface area contributed by atoms with Crippen LogP contribution in [0.3, 0.4) is 0 Å². The molecule has 2 aliphatic heterocycles. The minimum absolute atomic E-state index is 0. The monoisotopic (exact) mass is 686 g/mol. The molecule has 236 valence electrons. The van der Waals surface area contributed by atoms with Crippen molar-refractivity contribution in [1.82, 2.24) is 5.32 Å². The summed E-state index contributed by atoms with van der Waals surface area (Å²) in [6.07, 6.45) is -6.59. The fourth-order valence-corrected chi connectivity index (χ4v) is 3.71. The van der Waals surface area contributed by atoms with Crippen molar-refractivity contribution in [3.8, 4) is 0 Å². The summed E-state index contributed by atoms with van der Waals surface area (Å²) in [6, 6.07) is 12.4. The molecule has 2 aromatic carbocycles. The van der Waals surface area contributed by atoms with Crippen molar-refractivity contribution in [3.05, 3.63) is 70.8 Å². The van der Waals surface area contributed by atoms with Crippen molar-refractivity contribution in [1.29, 1.82) is 0 Å². The molecule has 2 unspecified atom stereocenters. The zero-order valence-electron chi connectivity index (χ0n) is 23.9. The number of benzene rings is 2. The van der Waals surface area contributed by atoms with Gasteiger partial charge in [-0.15, -0.1) is 32.9 Å². The minimum atomic E-state index is -4.46. The number of rotatable bonds is 10. The second kappa shape index (κ2) is 16.1. The molecular weight excluding hydrogens is 650 g/mol. The molecule has 0 amide bonds. The van der Waals surface area contributed by atoms with E-state index in [-0.39, 0.29) is 23.5 Å². The molecule has 0 aromatic heterocycles. The fourth-order valence-electron chi connectivity index (χ4n) is 3.34. The van der Waals surface area contributed by atoms with E-state index in [2.05, 4.69) is 69.4 Å². The molecule has 0 bridgehead atoms. The molecule has 0 radical (unpaired) electrons. The number of nitrogens with zero attached hydrogens (tertiary/aromatic N) is 4. The lowest BCUT2D eigenvalue weighted by Crippen LogP contribution is -2.30. The lowest BCUT2D eigenvalue weighted by molar-refractivity contribution is -0.166. The van der Waals surface area contributed by atoms with E-state index in [0.717, 1.165) is 30.6 Å². The predicted molar refractivity (Wildman–Crippen MR) is 158 cm³/mol. The number of alkyl halides is 7. The highest BCUT2D eigenvalue weighted by Crippen LogP contribution is 2.53. The van der Waals surface area contributed by atoms with Gasteiger partial charge in [0.25, 0.3) is 0 Å². The van der Waals surface area contributed by atoms with Crippen LogP contribution in [0.2, 0.25) is 0 Å².